The van der Waals surface area contributed by atoms with Crippen LogP contribution >= 0.6 is 0 Å². The molecule has 1 aliphatic heterocycles. The summed E-state index contributed by atoms with van der Waals surface area (Å²) in [6, 6.07) is 14.4. The van der Waals surface area contributed by atoms with E-state index in [9.17, 15) is 9.90 Å². The lowest BCUT2D eigenvalue weighted by atomic mass is 9.85. The number of aryl methyl sites for hydroxylation is 1. The fourth-order valence-electron chi connectivity index (χ4n) is 5.63. The molecule has 41 heavy (non-hydrogen) atoms. The second-order valence-corrected chi connectivity index (χ2v) is 11.2. The topological polar surface area (TPSA) is 104 Å². The molecule has 8 heteroatoms. The average Bonchev–Trinajstić information content (AvgIpc) is 2.95. The zero-order valence-electron chi connectivity index (χ0n) is 23.7. The van der Waals surface area contributed by atoms with E-state index in [1.54, 1.807) is 12.4 Å². The zero-order chi connectivity index (χ0) is 28.9. The molecular formula is C33H31N3O5. The molecule has 2 aromatic heterocycles. The van der Waals surface area contributed by atoms with Crippen molar-refractivity contribution in [2.75, 3.05) is 13.7 Å². The van der Waals surface area contributed by atoms with E-state index in [1.807, 2.05) is 70.3 Å². The number of pyridine rings is 1. The smallest absolute Gasteiger partial charge is 0.337 e. The maximum absolute atomic E-state index is 12.8. The summed E-state index contributed by atoms with van der Waals surface area (Å²) in [5, 5.41) is 13.3. The molecule has 0 saturated carbocycles. The molecule has 1 N–H and O–H groups in total. The van der Waals surface area contributed by atoms with Gasteiger partial charge in [0.05, 0.1) is 24.8 Å². The van der Waals surface area contributed by atoms with E-state index in [0.717, 1.165) is 61.7 Å². The van der Waals surface area contributed by atoms with E-state index in [2.05, 4.69) is 16.0 Å². The van der Waals surface area contributed by atoms with Crippen LogP contribution < -0.4 is 9.47 Å². The van der Waals surface area contributed by atoms with Gasteiger partial charge >= 0.3 is 12.0 Å². The van der Waals surface area contributed by atoms with Crippen LogP contribution in [0.5, 0.6) is 11.8 Å². The van der Waals surface area contributed by atoms with Gasteiger partial charge in [-0.05, 0) is 85.0 Å². The minimum Gasteiger partial charge on any atom is -0.493 e. The number of carbonyl (C=O) groups is 1. The molecule has 3 aromatic carbocycles. The minimum absolute atomic E-state index is 0.301. The molecule has 0 fully saturated rings. The normalized spacial score (nSPS) is 13.7. The number of nitrogens with zero attached hydrogens (tertiary/aromatic N) is 3. The SMILES string of the molecule is COc1ncc(-c2ccc3c(-c4ccc5c6c(ccnc46)CCO5)c(C(OC(C)(C)C)C(=O)O)c(C)cc3c2)cn1. The third kappa shape index (κ3) is 4.85. The Morgan fingerprint density at radius 1 is 1.02 bits per heavy atom. The third-order valence-corrected chi connectivity index (χ3v) is 7.33. The maximum atomic E-state index is 12.8. The first-order valence-corrected chi connectivity index (χ1v) is 13.5. The van der Waals surface area contributed by atoms with Gasteiger partial charge in [-0.3, -0.25) is 4.98 Å². The van der Waals surface area contributed by atoms with E-state index in [-0.39, 0.29) is 0 Å². The van der Waals surface area contributed by atoms with Crippen molar-refractivity contribution in [1.29, 1.82) is 0 Å². The Kier molecular flexibility index (Phi) is 6.58. The van der Waals surface area contributed by atoms with Gasteiger partial charge in [0, 0.05) is 47.1 Å². The van der Waals surface area contributed by atoms with E-state index in [1.165, 1.54) is 12.7 Å². The molecule has 0 radical (unpaired) electrons. The molecule has 0 spiro atoms. The van der Waals surface area contributed by atoms with E-state index >= 15 is 0 Å². The second-order valence-electron chi connectivity index (χ2n) is 11.2. The molecule has 3 heterocycles. The number of benzene rings is 3. The van der Waals surface area contributed by atoms with Crippen LogP contribution in [0.25, 0.3) is 43.9 Å². The lowest BCUT2D eigenvalue weighted by Gasteiger charge is -2.29. The van der Waals surface area contributed by atoms with Crippen molar-refractivity contribution in [3.63, 3.8) is 0 Å². The van der Waals surface area contributed by atoms with Gasteiger partial charge in [0.15, 0.2) is 6.10 Å². The molecule has 5 aromatic rings. The van der Waals surface area contributed by atoms with Crippen LogP contribution in [-0.2, 0) is 16.0 Å². The van der Waals surface area contributed by atoms with E-state index in [4.69, 9.17) is 19.2 Å². The molecule has 0 bridgehead atoms. The van der Waals surface area contributed by atoms with E-state index in [0.29, 0.717) is 18.2 Å². The number of carboxylic acid groups (broad SMARTS) is 1. The summed E-state index contributed by atoms with van der Waals surface area (Å²) in [6.07, 6.45) is 4.86. The number of aromatic nitrogens is 3. The van der Waals surface area contributed by atoms with Crippen molar-refractivity contribution in [1.82, 2.24) is 15.0 Å². The van der Waals surface area contributed by atoms with Crippen molar-refractivity contribution < 1.29 is 24.1 Å². The summed E-state index contributed by atoms with van der Waals surface area (Å²) in [7, 11) is 1.53. The molecule has 1 unspecified atom stereocenters. The van der Waals surface area contributed by atoms with Gasteiger partial charge in [-0.2, -0.15) is 0 Å². The second kappa shape index (κ2) is 10.1. The van der Waals surface area contributed by atoms with Crippen molar-refractivity contribution in [3.05, 3.63) is 77.7 Å². The van der Waals surface area contributed by atoms with Crippen LogP contribution in [0.4, 0.5) is 0 Å². The number of fused-ring (bicyclic) bond motifs is 1. The number of carboxylic acids is 1. The van der Waals surface area contributed by atoms with Gasteiger partial charge in [-0.1, -0.05) is 18.2 Å². The fourth-order valence-corrected chi connectivity index (χ4v) is 5.63. The Morgan fingerprint density at radius 3 is 2.51 bits per heavy atom. The van der Waals surface area contributed by atoms with Crippen LogP contribution in [0.1, 0.15) is 43.6 Å². The van der Waals surface area contributed by atoms with Gasteiger partial charge in [-0.25, -0.2) is 14.8 Å². The van der Waals surface area contributed by atoms with Crippen molar-refractivity contribution in [2.45, 2.75) is 45.8 Å². The van der Waals surface area contributed by atoms with E-state index < -0.39 is 17.7 Å². The quantitative estimate of drug-likeness (QED) is 0.249. The zero-order valence-corrected chi connectivity index (χ0v) is 23.7. The number of hydrogen-bond donors (Lipinski definition) is 1. The standard InChI is InChI=1S/C33H31N3O5/c1-18-14-21-15-20(22-16-35-32(39-5)36-17-22)6-7-23(21)28(26(18)30(31(37)38)41-33(2,3)4)24-8-9-25-27-19(11-13-40-25)10-12-34-29(24)27/h6-10,12,14-17,30H,11,13H2,1-5H3,(H,37,38). The molecule has 0 saturated heterocycles. The first-order valence-electron chi connectivity index (χ1n) is 13.5. The Bertz CT molecular complexity index is 1800. The van der Waals surface area contributed by atoms with Crippen molar-refractivity contribution >= 4 is 27.6 Å². The van der Waals surface area contributed by atoms with Gasteiger partial charge in [0.25, 0.3) is 0 Å². The average molecular weight is 550 g/mol. The summed E-state index contributed by atoms with van der Waals surface area (Å²) in [5.74, 6) is -0.256. The molecule has 1 aliphatic rings. The number of rotatable bonds is 6. The number of hydrogen-bond acceptors (Lipinski definition) is 7. The fraction of sp³-hybridized carbons (Fsp3) is 0.273. The third-order valence-electron chi connectivity index (χ3n) is 7.33. The Morgan fingerprint density at radius 2 is 1.80 bits per heavy atom. The Hall–Kier alpha value is -4.56. The van der Waals surface area contributed by atoms with Crippen molar-refractivity contribution in [3.8, 4) is 34.0 Å². The summed E-state index contributed by atoms with van der Waals surface area (Å²) >= 11 is 0. The largest absolute Gasteiger partial charge is 0.493 e. The lowest BCUT2D eigenvalue weighted by Crippen LogP contribution is -2.28. The van der Waals surface area contributed by atoms with Gasteiger partial charge in [0.2, 0.25) is 0 Å². The molecule has 6 rings (SSSR count). The summed E-state index contributed by atoms with van der Waals surface area (Å²) in [4.78, 5) is 26.1. The van der Waals surface area contributed by atoms with Gasteiger partial charge in [0.1, 0.15) is 5.75 Å². The lowest BCUT2D eigenvalue weighted by molar-refractivity contribution is -0.160. The highest BCUT2D eigenvalue weighted by Gasteiger charge is 2.32. The Balaban J connectivity index is 1.66. The van der Waals surface area contributed by atoms with Gasteiger partial charge in [-0.15, -0.1) is 0 Å². The molecule has 0 aliphatic carbocycles. The summed E-state index contributed by atoms with van der Waals surface area (Å²) < 4.78 is 17.3. The van der Waals surface area contributed by atoms with Crippen LogP contribution in [-0.4, -0.2) is 45.3 Å². The highest BCUT2D eigenvalue weighted by Crippen LogP contribution is 2.45. The van der Waals surface area contributed by atoms with Crippen molar-refractivity contribution in [2.24, 2.45) is 0 Å². The molecule has 0 amide bonds. The first kappa shape index (κ1) is 26.7. The van der Waals surface area contributed by atoms with Crippen LogP contribution in [0.15, 0.2) is 61.1 Å². The van der Waals surface area contributed by atoms with Crippen LogP contribution in [0.3, 0.4) is 0 Å². The summed E-state index contributed by atoms with van der Waals surface area (Å²) in [5.41, 5.74) is 6.08. The number of ether oxygens (including phenoxy) is 3. The minimum atomic E-state index is -1.19. The predicted molar refractivity (Wildman–Crippen MR) is 157 cm³/mol. The molecular weight excluding hydrogens is 518 g/mol. The molecule has 8 nitrogen and oxygen atoms in total. The first-order chi connectivity index (χ1) is 19.6. The highest BCUT2D eigenvalue weighted by molar-refractivity contribution is 6.09. The predicted octanol–water partition coefficient (Wildman–Crippen LogP) is 6.70. The molecule has 1 atom stereocenters. The Labute approximate surface area is 238 Å². The molecule has 208 valence electrons. The maximum Gasteiger partial charge on any atom is 0.337 e. The number of methoxy groups -OCH3 is 1. The monoisotopic (exact) mass is 549 g/mol. The van der Waals surface area contributed by atoms with Crippen LogP contribution in [0, 0.1) is 6.92 Å². The summed E-state index contributed by atoms with van der Waals surface area (Å²) in [6.45, 7) is 8.14. The van der Waals surface area contributed by atoms with Crippen LogP contribution in [0.2, 0.25) is 0 Å². The highest BCUT2D eigenvalue weighted by atomic mass is 16.5. The van der Waals surface area contributed by atoms with Gasteiger partial charge < -0.3 is 19.3 Å². The number of aliphatic carboxylic acids is 1.